The molecule has 0 aliphatic heterocycles. The van der Waals surface area contributed by atoms with Gasteiger partial charge in [-0.1, -0.05) is 23.7 Å². The van der Waals surface area contributed by atoms with Crippen LogP contribution in [0.25, 0.3) is 0 Å². The van der Waals surface area contributed by atoms with Crippen molar-refractivity contribution >= 4 is 18.2 Å². The number of nitrogens with zero attached hydrogens (tertiary/aromatic N) is 3. The fraction of sp³-hybridized carbons (Fsp3) is 0.773. The molecule has 0 heterocycles. The number of hydrogen-bond donors (Lipinski definition) is 3. The van der Waals surface area contributed by atoms with E-state index in [2.05, 4.69) is 42.1 Å². The van der Waals surface area contributed by atoms with Gasteiger partial charge in [-0.2, -0.15) is 0 Å². The van der Waals surface area contributed by atoms with Crippen LogP contribution in [0.15, 0.2) is 16.8 Å². The highest BCUT2D eigenvalue weighted by Crippen LogP contribution is 2.58. The molecule has 0 unspecified atom stereocenters. The molecule has 178 valence electrons. The molecule has 2 saturated carbocycles. The van der Waals surface area contributed by atoms with Crippen molar-refractivity contribution in [3.8, 4) is 0 Å². The molecule has 0 bridgehead atoms. The first kappa shape index (κ1) is 27.1. The first-order valence-electron chi connectivity index (χ1n) is 10.7. The average Bonchev–Trinajstić information content (AvgIpc) is 2.92. The van der Waals surface area contributed by atoms with E-state index < -0.39 is 17.5 Å². The highest BCUT2D eigenvalue weighted by atomic mass is 16.6. The second-order valence-electron chi connectivity index (χ2n) is 9.23. The molecule has 9 nitrogen and oxygen atoms in total. The monoisotopic (exact) mass is 441 g/mol. The predicted octanol–water partition coefficient (Wildman–Crippen LogP) is 1.92. The van der Waals surface area contributed by atoms with Crippen molar-refractivity contribution in [2.45, 2.75) is 51.0 Å². The van der Waals surface area contributed by atoms with Crippen molar-refractivity contribution in [1.82, 2.24) is 9.80 Å². The maximum absolute atomic E-state index is 11.3. The summed E-state index contributed by atoms with van der Waals surface area (Å²) in [6.45, 7) is 4.78. The maximum Gasteiger partial charge on any atom is 0.414 e. The molecule has 31 heavy (non-hydrogen) atoms. The molecule has 0 aromatic carbocycles. The third-order valence-electron chi connectivity index (χ3n) is 6.37. The highest BCUT2D eigenvalue weighted by Gasteiger charge is 2.57. The third-order valence-corrected chi connectivity index (χ3v) is 6.37. The van der Waals surface area contributed by atoms with Crippen LogP contribution < -0.4 is 0 Å². The van der Waals surface area contributed by atoms with E-state index in [0.29, 0.717) is 12.5 Å². The normalized spacial score (nSPS) is 29.2. The summed E-state index contributed by atoms with van der Waals surface area (Å²) in [4.78, 5) is 27.9. The van der Waals surface area contributed by atoms with Gasteiger partial charge < -0.3 is 30.0 Å². The van der Waals surface area contributed by atoms with Crippen LogP contribution in [0.5, 0.6) is 0 Å². The van der Waals surface area contributed by atoms with Crippen molar-refractivity contribution in [1.29, 1.82) is 0 Å². The van der Waals surface area contributed by atoms with Gasteiger partial charge in [0.15, 0.2) is 0 Å². The van der Waals surface area contributed by atoms with Gasteiger partial charge in [0, 0.05) is 30.6 Å². The van der Waals surface area contributed by atoms with E-state index in [-0.39, 0.29) is 5.41 Å². The number of carboxylic acids is 2. The summed E-state index contributed by atoms with van der Waals surface area (Å²) in [7, 11) is 8.25. The molecule has 0 radical (unpaired) electrons. The van der Waals surface area contributed by atoms with E-state index in [1.807, 2.05) is 20.3 Å². The lowest BCUT2D eigenvalue weighted by atomic mass is 9.61. The molecule has 2 fully saturated rings. The van der Waals surface area contributed by atoms with Gasteiger partial charge in [-0.15, -0.1) is 0 Å². The number of fused-ring (bicyclic) bond motifs is 1. The second-order valence-corrected chi connectivity index (χ2v) is 9.23. The first-order valence-corrected chi connectivity index (χ1v) is 10.7. The SMILES string of the molecule is CN(C)CCC=C1CC[C@]2(C)[C@@H](C=NOCCN(C)C)CC[C@]2(O)C1.O=C(O)C(=O)O. The number of hydrogen-bond acceptors (Lipinski definition) is 7. The second kappa shape index (κ2) is 12.2. The van der Waals surface area contributed by atoms with Crippen LogP contribution in [-0.4, -0.2) is 96.8 Å². The topological polar surface area (TPSA) is 123 Å². The van der Waals surface area contributed by atoms with E-state index >= 15 is 0 Å². The van der Waals surface area contributed by atoms with Gasteiger partial charge in [0.2, 0.25) is 0 Å². The molecule has 0 saturated heterocycles. The number of rotatable bonds is 8. The van der Waals surface area contributed by atoms with Crippen LogP contribution >= 0.6 is 0 Å². The minimum atomic E-state index is -1.82. The fourth-order valence-electron chi connectivity index (χ4n) is 4.27. The lowest BCUT2D eigenvalue weighted by molar-refractivity contribution is -0.159. The van der Waals surface area contributed by atoms with E-state index in [4.69, 9.17) is 24.6 Å². The quantitative estimate of drug-likeness (QED) is 0.172. The zero-order valence-corrected chi connectivity index (χ0v) is 19.5. The summed E-state index contributed by atoms with van der Waals surface area (Å²) in [6.07, 6.45) is 10.2. The van der Waals surface area contributed by atoms with Crippen LogP contribution in [0.1, 0.15) is 45.4 Å². The number of aliphatic carboxylic acids is 2. The zero-order valence-electron chi connectivity index (χ0n) is 19.5. The number of carbonyl (C=O) groups is 2. The Kier molecular flexibility index (Phi) is 10.6. The molecule has 2 aliphatic carbocycles. The van der Waals surface area contributed by atoms with Crippen LogP contribution in [0.2, 0.25) is 0 Å². The Balaban J connectivity index is 0.000000703. The Morgan fingerprint density at radius 1 is 1.13 bits per heavy atom. The van der Waals surface area contributed by atoms with Crippen LogP contribution in [0.4, 0.5) is 0 Å². The van der Waals surface area contributed by atoms with Crippen molar-refractivity contribution < 1.29 is 29.7 Å². The summed E-state index contributed by atoms with van der Waals surface area (Å²) in [5.74, 6) is -3.34. The van der Waals surface area contributed by atoms with Gasteiger partial charge in [0.25, 0.3) is 0 Å². The summed E-state index contributed by atoms with van der Waals surface area (Å²) in [5, 5.41) is 30.3. The first-order chi connectivity index (χ1) is 14.4. The summed E-state index contributed by atoms with van der Waals surface area (Å²) >= 11 is 0. The van der Waals surface area contributed by atoms with Gasteiger partial charge in [0.05, 0.1) is 5.60 Å². The number of carboxylic acid groups (broad SMARTS) is 2. The summed E-state index contributed by atoms with van der Waals surface area (Å²) in [6, 6.07) is 0. The summed E-state index contributed by atoms with van der Waals surface area (Å²) in [5.41, 5.74) is 0.761. The molecular weight excluding hydrogens is 402 g/mol. The molecule has 3 N–H and O–H groups in total. The van der Waals surface area contributed by atoms with E-state index in [1.54, 1.807) is 0 Å². The minimum absolute atomic E-state index is 0.0830. The van der Waals surface area contributed by atoms with E-state index in [9.17, 15) is 5.11 Å². The Morgan fingerprint density at radius 2 is 1.74 bits per heavy atom. The van der Waals surface area contributed by atoms with Crippen molar-refractivity contribution in [3.05, 3.63) is 11.6 Å². The van der Waals surface area contributed by atoms with Gasteiger partial charge in [-0.3, -0.25) is 0 Å². The Labute approximate surface area is 185 Å². The molecule has 0 amide bonds. The Hall–Kier alpha value is -1.97. The third kappa shape index (κ3) is 8.23. The van der Waals surface area contributed by atoms with Crippen molar-refractivity contribution in [2.75, 3.05) is 47.9 Å². The van der Waals surface area contributed by atoms with Crippen molar-refractivity contribution in [2.24, 2.45) is 16.5 Å². The van der Waals surface area contributed by atoms with Gasteiger partial charge in [0.1, 0.15) is 6.61 Å². The molecule has 9 heteroatoms. The van der Waals surface area contributed by atoms with Gasteiger partial charge >= 0.3 is 11.9 Å². The molecule has 0 aromatic heterocycles. The molecular formula is C22H39N3O6. The highest BCUT2D eigenvalue weighted by molar-refractivity contribution is 6.27. The number of aliphatic hydroxyl groups is 1. The van der Waals surface area contributed by atoms with E-state index in [0.717, 1.165) is 51.6 Å². The van der Waals surface area contributed by atoms with Crippen molar-refractivity contribution in [3.63, 3.8) is 0 Å². The molecule has 2 aliphatic rings. The van der Waals surface area contributed by atoms with Crippen LogP contribution in [0, 0.1) is 11.3 Å². The van der Waals surface area contributed by atoms with Gasteiger partial charge in [-0.25, -0.2) is 9.59 Å². The molecule has 2 rings (SSSR count). The lowest BCUT2D eigenvalue weighted by Gasteiger charge is -2.47. The predicted molar refractivity (Wildman–Crippen MR) is 119 cm³/mol. The maximum atomic E-state index is 11.3. The van der Waals surface area contributed by atoms with Crippen LogP contribution in [-0.2, 0) is 14.4 Å². The van der Waals surface area contributed by atoms with E-state index in [1.165, 1.54) is 5.57 Å². The largest absolute Gasteiger partial charge is 0.473 e. The smallest absolute Gasteiger partial charge is 0.414 e. The molecule has 0 spiro atoms. The standard InChI is InChI=1S/C20H37N3O2.C2H2O4/c1-19-10-8-17(7-6-12-22(2)3)15-20(19,24)11-9-18(19)16-21-25-14-13-23(4)5;3-1(4)2(5)6/h7,16,18,24H,6,8-15H2,1-5H3;(H,3,4)(H,5,6)/t18-,19-,20+;/m1./s1. The van der Waals surface area contributed by atoms with Gasteiger partial charge in [-0.05, 0) is 66.7 Å². The number of oxime groups is 1. The summed E-state index contributed by atoms with van der Waals surface area (Å²) < 4.78 is 0. The Bertz CT molecular complexity index is 652. The fourth-order valence-corrected chi connectivity index (χ4v) is 4.27. The molecule has 3 atom stereocenters. The molecule has 0 aromatic rings. The lowest BCUT2D eigenvalue weighted by Crippen LogP contribution is -2.48. The Morgan fingerprint density at radius 3 is 2.29 bits per heavy atom. The van der Waals surface area contributed by atoms with Crippen LogP contribution in [0.3, 0.4) is 0 Å². The minimum Gasteiger partial charge on any atom is -0.473 e. The number of likely N-dealkylation sites (N-methyl/N-ethyl adjacent to an activating group) is 1. The average molecular weight is 442 g/mol. The zero-order chi connectivity index (χ0) is 23.7.